The molecule has 2 N–H and O–H groups in total. The van der Waals surface area contributed by atoms with Gasteiger partial charge in [0.2, 0.25) is 5.91 Å². The van der Waals surface area contributed by atoms with E-state index in [1.165, 1.54) is 17.0 Å². The predicted molar refractivity (Wildman–Crippen MR) is 60.5 cm³/mol. The van der Waals surface area contributed by atoms with Crippen molar-refractivity contribution in [1.29, 1.82) is 0 Å². The number of alkyl halides is 1. The Morgan fingerprint density at radius 2 is 2.27 bits per heavy atom. The van der Waals surface area contributed by atoms with Crippen molar-refractivity contribution in [2.45, 2.75) is 11.2 Å². The fourth-order valence-electron chi connectivity index (χ4n) is 1.70. The Kier molecular flexibility index (Phi) is 2.65. The number of nitrogens with two attached hydrogens (primary N) is 1. The number of para-hydroxylation sites is 1. The number of carbonyl (C=O) groups excluding carboxylic acids is 1. The van der Waals surface area contributed by atoms with Crippen molar-refractivity contribution in [3.63, 3.8) is 0 Å². The highest BCUT2D eigenvalue weighted by Gasteiger charge is 2.31. The van der Waals surface area contributed by atoms with Gasteiger partial charge in [-0.05, 0) is 12.1 Å². The molecule has 1 saturated heterocycles. The van der Waals surface area contributed by atoms with Gasteiger partial charge in [0.25, 0.3) is 0 Å². The van der Waals surface area contributed by atoms with Gasteiger partial charge in [-0.25, -0.2) is 4.39 Å². The van der Waals surface area contributed by atoms with Gasteiger partial charge >= 0.3 is 0 Å². The molecule has 0 bridgehead atoms. The molecule has 1 aliphatic rings. The number of amides is 1. The third kappa shape index (κ3) is 1.84. The van der Waals surface area contributed by atoms with Crippen LogP contribution in [0, 0.1) is 5.82 Å². The van der Waals surface area contributed by atoms with Crippen LogP contribution in [0.3, 0.4) is 0 Å². The molecule has 5 heteroatoms. The van der Waals surface area contributed by atoms with Crippen molar-refractivity contribution in [1.82, 2.24) is 0 Å². The van der Waals surface area contributed by atoms with Gasteiger partial charge in [0.15, 0.2) is 0 Å². The topological polar surface area (TPSA) is 46.3 Å². The number of rotatable bonds is 1. The van der Waals surface area contributed by atoms with Crippen LogP contribution in [0.25, 0.3) is 0 Å². The first-order chi connectivity index (χ1) is 7.09. The molecule has 0 saturated carbocycles. The summed E-state index contributed by atoms with van der Waals surface area (Å²) in [7, 11) is 0. The minimum absolute atomic E-state index is 0.0732. The van der Waals surface area contributed by atoms with Crippen LogP contribution in [-0.2, 0) is 4.79 Å². The quantitative estimate of drug-likeness (QED) is 0.627. The second-order valence-electron chi connectivity index (χ2n) is 3.48. The second-order valence-corrected chi connectivity index (χ2v) is 4.78. The third-order valence-corrected chi connectivity index (χ3v) is 2.98. The van der Waals surface area contributed by atoms with E-state index in [1.807, 2.05) is 0 Å². The maximum atomic E-state index is 13.5. The van der Waals surface area contributed by atoms with Crippen LogP contribution in [0.5, 0.6) is 0 Å². The van der Waals surface area contributed by atoms with Crippen molar-refractivity contribution >= 4 is 33.2 Å². The first kappa shape index (κ1) is 10.4. The van der Waals surface area contributed by atoms with Gasteiger partial charge in [-0.1, -0.05) is 22.0 Å². The minimum atomic E-state index is -0.454. The Morgan fingerprint density at radius 3 is 2.80 bits per heavy atom. The van der Waals surface area contributed by atoms with Gasteiger partial charge in [0.05, 0.1) is 5.69 Å². The van der Waals surface area contributed by atoms with Gasteiger partial charge in [-0.3, -0.25) is 4.79 Å². The molecule has 2 rings (SSSR count). The van der Waals surface area contributed by atoms with Crippen molar-refractivity contribution in [3.05, 3.63) is 24.0 Å². The lowest BCUT2D eigenvalue weighted by Crippen LogP contribution is -2.26. The number of hydrogen-bond donors (Lipinski definition) is 1. The van der Waals surface area contributed by atoms with E-state index in [9.17, 15) is 9.18 Å². The van der Waals surface area contributed by atoms with E-state index in [2.05, 4.69) is 15.9 Å². The van der Waals surface area contributed by atoms with Crippen LogP contribution in [0.2, 0.25) is 0 Å². The molecule has 0 aromatic heterocycles. The van der Waals surface area contributed by atoms with Crippen LogP contribution in [-0.4, -0.2) is 17.3 Å². The second kappa shape index (κ2) is 3.81. The average Bonchev–Trinajstić information content (AvgIpc) is 2.45. The summed E-state index contributed by atoms with van der Waals surface area (Å²) in [6, 6.07) is 4.42. The number of carbonyl (C=O) groups is 1. The molecule has 1 fully saturated rings. The molecule has 1 atom stereocenters. The van der Waals surface area contributed by atoms with Gasteiger partial charge in [-0.2, -0.15) is 0 Å². The molecule has 3 nitrogen and oxygen atoms in total. The number of benzene rings is 1. The largest absolute Gasteiger partial charge is 0.397 e. The summed E-state index contributed by atoms with van der Waals surface area (Å²) in [6.07, 6.45) is 0.383. The molecule has 1 unspecified atom stereocenters. The van der Waals surface area contributed by atoms with Crippen molar-refractivity contribution in [3.8, 4) is 0 Å². The summed E-state index contributed by atoms with van der Waals surface area (Å²) >= 11 is 3.34. The van der Waals surface area contributed by atoms with Crippen LogP contribution >= 0.6 is 15.9 Å². The summed E-state index contributed by atoms with van der Waals surface area (Å²) in [6.45, 7) is 0.462. The van der Waals surface area contributed by atoms with Crippen LogP contribution < -0.4 is 10.6 Å². The zero-order chi connectivity index (χ0) is 11.0. The number of halogens is 2. The summed E-state index contributed by atoms with van der Waals surface area (Å²) in [5.41, 5.74) is 6.15. The normalized spacial score (nSPS) is 21.1. The molecule has 0 aliphatic carbocycles. The summed E-state index contributed by atoms with van der Waals surface area (Å²) in [4.78, 5) is 13.0. The van der Waals surface area contributed by atoms with E-state index in [0.717, 1.165) is 0 Å². The average molecular weight is 273 g/mol. The highest BCUT2D eigenvalue weighted by atomic mass is 79.9. The summed E-state index contributed by atoms with van der Waals surface area (Å²) < 4.78 is 13.5. The molecule has 1 aromatic carbocycles. The van der Waals surface area contributed by atoms with Gasteiger partial charge in [-0.15, -0.1) is 0 Å². The van der Waals surface area contributed by atoms with Crippen molar-refractivity contribution in [2.75, 3.05) is 17.2 Å². The molecule has 1 aromatic rings. The Hall–Kier alpha value is -1.10. The van der Waals surface area contributed by atoms with E-state index in [4.69, 9.17) is 5.73 Å². The molecule has 0 spiro atoms. The maximum absolute atomic E-state index is 13.5. The highest BCUT2D eigenvalue weighted by Crippen LogP contribution is 2.31. The van der Waals surface area contributed by atoms with E-state index in [-0.39, 0.29) is 16.4 Å². The number of anilines is 2. The summed E-state index contributed by atoms with van der Waals surface area (Å²) in [5, 5.41) is 0. The predicted octanol–water partition coefficient (Wildman–Crippen LogP) is 1.91. The van der Waals surface area contributed by atoms with Crippen LogP contribution in [0.4, 0.5) is 15.8 Å². The lowest BCUT2D eigenvalue weighted by molar-refractivity contribution is -0.117. The molecule has 15 heavy (non-hydrogen) atoms. The molecular weight excluding hydrogens is 263 g/mol. The first-order valence-electron chi connectivity index (χ1n) is 4.58. The number of nitrogens with zero attached hydrogens (tertiary/aromatic N) is 1. The molecule has 80 valence electrons. The Labute approximate surface area is 95.2 Å². The first-order valence-corrected chi connectivity index (χ1v) is 5.49. The minimum Gasteiger partial charge on any atom is -0.397 e. The van der Waals surface area contributed by atoms with Crippen molar-refractivity contribution < 1.29 is 9.18 Å². The third-order valence-electron chi connectivity index (χ3n) is 2.37. The molecular formula is C10H10BrFN2O. The molecule has 0 radical (unpaired) electrons. The molecule has 1 amide bonds. The van der Waals surface area contributed by atoms with Crippen molar-refractivity contribution in [2.24, 2.45) is 0 Å². The Bertz CT molecular complexity index is 390. The monoisotopic (exact) mass is 272 g/mol. The van der Waals surface area contributed by atoms with E-state index in [1.54, 1.807) is 6.07 Å². The number of hydrogen-bond acceptors (Lipinski definition) is 2. The van der Waals surface area contributed by atoms with Gasteiger partial charge < -0.3 is 10.6 Å². The fraction of sp³-hybridized carbons (Fsp3) is 0.300. The van der Waals surface area contributed by atoms with Crippen LogP contribution in [0.15, 0.2) is 18.2 Å². The smallest absolute Gasteiger partial charge is 0.228 e. The lowest BCUT2D eigenvalue weighted by Gasteiger charge is -2.18. The fourth-order valence-corrected chi connectivity index (χ4v) is 2.26. The van der Waals surface area contributed by atoms with Crippen LogP contribution in [0.1, 0.15) is 6.42 Å². The Morgan fingerprint density at radius 1 is 1.53 bits per heavy atom. The SMILES string of the molecule is Nc1cccc(F)c1N1CC(Br)CC1=O. The number of nitrogen functional groups attached to an aromatic ring is 1. The highest BCUT2D eigenvalue weighted by molar-refractivity contribution is 9.09. The van der Waals surface area contributed by atoms with E-state index >= 15 is 0 Å². The standard InChI is InChI=1S/C10H10BrFN2O/c11-6-4-9(15)14(5-6)10-7(12)2-1-3-8(10)13/h1-3,6H,4-5,13H2. The van der Waals surface area contributed by atoms with E-state index in [0.29, 0.717) is 18.7 Å². The van der Waals surface area contributed by atoms with Gasteiger partial charge in [0.1, 0.15) is 11.5 Å². The van der Waals surface area contributed by atoms with E-state index < -0.39 is 5.82 Å². The zero-order valence-corrected chi connectivity index (χ0v) is 9.50. The summed E-state index contributed by atoms with van der Waals surface area (Å²) in [5.74, 6) is -0.557. The van der Waals surface area contributed by atoms with Gasteiger partial charge in [0, 0.05) is 17.8 Å². The Balaban J connectivity index is 2.41. The lowest BCUT2D eigenvalue weighted by atomic mass is 10.2. The maximum Gasteiger partial charge on any atom is 0.228 e. The zero-order valence-electron chi connectivity index (χ0n) is 7.91. The molecule has 1 aliphatic heterocycles. The molecule has 1 heterocycles.